The third kappa shape index (κ3) is 5.47. The van der Waals surface area contributed by atoms with E-state index in [1.165, 1.54) is 0 Å². The molecule has 0 aromatic carbocycles. The van der Waals surface area contributed by atoms with Gasteiger partial charge in [0.1, 0.15) is 5.76 Å². The Labute approximate surface area is 149 Å². The number of carbonyl (C=O) groups is 2. The van der Waals surface area contributed by atoms with E-state index in [2.05, 4.69) is 10.5 Å². The van der Waals surface area contributed by atoms with Crippen LogP contribution in [0.25, 0.3) is 0 Å². The normalized spacial score (nSPS) is 16.1. The molecule has 7 heteroatoms. The van der Waals surface area contributed by atoms with Crippen LogP contribution in [-0.4, -0.2) is 53.1 Å². The summed E-state index contributed by atoms with van der Waals surface area (Å²) in [6, 6.07) is 1.56. The molecule has 3 amide bonds. The minimum atomic E-state index is -0.202. The lowest BCUT2D eigenvalue weighted by molar-refractivity contribution is -0.131. The average Bonchev–Trinajstić information content (AvgIpc) is 2.82. The van der Waals surface area contributed by atoms with Gasteiger partial charge in [-0.2, -0.15) is 0 Å². The van der Waals surface area contributed by atoms with Crippen molar-refractivity contribution in [2.24, 2.45) is 5.92 Å². The van der Waals surface area contributed by atoms with Gasteiger partial charge in [0.2, 0.25) is 5.91 Å². The van der Waals surface area contributed by atoms with Crippen LogP contribution in [0.3, 0.4) is 0 Å². The van der Waals surface area contributed by atoms with E-state index >= 15 is 0 Å². The summed E-state index contributed by atoms with van der Waals surface area (Å²) in [5, 5.41) is 6.71. The Bertz CT molecular complexity index is 604. The molecule has 25 heavy (non-hydrogen) atoms. The van der Waals surface area contributed by atoms with Crippen molar-refractivity contribution < 1.29 is 14.1 Å². The minimum Gasteiger partial charge on any atom is -0.359 e. The molecule has 0 saturated carbocycles. The molecule has 1 aromatic rings. The molecule has 0 radical (unpaired) electrons. The van der Waals surface area contributed by atoms with Gasteiger partial charge in [-0.15, -0.1) is 0 Å². The molecule has 2 heterocycles. The number of urea groups is 1. The van der Waals surface area contributed by atoms with Gasteiger partial charge < -0.3 is 14.3 Å². The van der Waals surface area contributed by atoms with E-state index in [1.807, 2.05) is 39.5 Å². The first-order chi connectivity index (χ1) is 11.7. The molecule has 1 aromatic heterocycles. The van der Waals surface area contributed by atoms with Crippen LogP contribution < -0.4 is 5.32 Å². The molecule has 0 unspecified atom stereocenters. The molecular formula is C18H30N4O3. The van der Waals surface area contributed by atoms with Gasteiger partial charge in [-0.05, 0) is 12.3 Å². The summed E-state index contributed by atoms with van der Waals surface area (Å²) >= 11 is 0. The monoisotopic (exact) mass is 350 g/mol. The summed E-state index contributed by atoms with van der Waals surface area (Å²) in [4.78, 5) is 28.3. The Hall–Kier alpha value is -2.05. The minimum absolute atomic E-state index is 0.157. The van der Waals surface area contributed by atoms with Gasteiger partial charge in [0, 0.05) is 44.1 Å². The molecule has 0 bridgehead atoms. The van der Waals surface area contributed by atoms with Crippen LogP contribution in [0.1, 0.15) is 53.2 Å². The summed E-state index contributed by atoms with van der Waals surface area (Å²) in [6.45, 7) is 12.6. The predicted octanol–water partition coefficient (Wildman–Crippen LogP) is 3.08. The quantitative estimate of drug-likeness (QED) is 0.908. The highest BCUT2D eigenvalue weighted by atomic mass is 16.5. The van der Waals surface area contributed by atoms with Crippen molar-refractivity contribution in [2.75, 3.05) is 31.5 Å². The number of hydrogen-bond donors (Lipinski definition) is 1. The van der Waals surface area contributed by atoms with Gasteiger partial charge in [0.15, 0.2) is 5.82 Å². The molecule has 1 aliphatic rings. The molecule has 1 N–H and O–H groups in total. The molecule has 2 rings (SSSR count). The summed E-state index contributed by atoms with van der Waals surface area (Å²) in [6.07, 6.45) is 1.34. The highest BCUT2D eigenvalue weighted by molar-refractivity contribution is 5.88. The number of anilines is 1. The number of carbonyl (C=O) groups excluding carboxylic acids is 2. The van der Waals surface area contributed by atoms with E-state index in [4.69, 9.17) is 4.52 Å². The van der Waals surface area contributed by atoms with E-state index in [-0.39, 0.29) is 17.4 Å². The van der Waals surface area contributed by atoms with E-state index in [1.54, 1.807) is 11.0 Å². The molecule has 140 valence electrons. The van der Waals surface area contributed by atoms with Crippen LogP contribution in [0.15, 0.2) is 10.6 Å². The molecule has 1 fully saturated rings. The van der Waals surface area contributed by atoms with Crippen LogP contribution in [0.5, 0.6) is 0 Å². The number of nitrogens with zero attached hydrogens (tertiary/aromatic N) is 3. The lowest BCUT2D eigenvalue weighted by Crippen LogP contribution is -2.39. The largest absolute Gasteiger partial charge is 0.359 e. The van der Waals surface area contributed by atoms with Crippen LogP contribution in [-0.2, 0) is 10.2 Å². The molecule has 0 atom stereocenters. The van der Waals surface area contributed by atoms with Gasteiger partial charge in [0.25, 0.3) is 0 Å². The number of aromatic nitrogens is 1. The smallest absolute Gasteiger partial charge is 0.323 e. The second kappa shape index (κ2) is 7.89. The van der Waals surface area contributed by atoms with Crippen molar-refractivity contribution in [1.29, 1.82) is 0 Å². The highest BCUT2D eigenvalue weighted by Gasteiger charge is 2.24. The Morgan fingerprint density at radius 2 is 1.84 bits per heavy atom. The van der Waals surface area contributed by atoms with Crippen molar-refractivity contribution in [1.82, 2.24) is 15.0 Å². The van der Waals surface area contributed by atoms with Crippen LogP contribution in [0.4, 0.5) is 10.6 Å². The van der Waals surface area contributed by atoms with E-state index < -0.39 is 0 Å². The Morgan fingerprint density at radius 3 is 2.44 bits per heavy atom. The number of hydrogen-bond acceptors (Lipinski definition) is 4. The lowest BCUT2D eigenvalue weighted by Gasteiger charge is -2.22. The summed E-state index contributed by atoms with van der Waals surface area (Å²) in [5.41, 5.74) is -0.157. The first-order valence-electron chi connectivity index (χ1n) is 8.97. The van der Waals surface area contributed by atoms with Gasteiger partial charge in [-0.1, -0.05) is 39.8 Å². The van der Waals surface area contributed by atoms with E-state index in [0.29, 0.717) is 44.3 Å². The maximum atomic E-state index is 12.5. The molecular weight excluding hydrogens is 320 g/mol. The molecule has 7 nitrogen and oxygen atoms in total. The van der Waals surface area contributed by atoms with Gasteiger partial charge >= 0.3 is 6.03 Å². The van der Waals surface area contributed by atoms with E-state index in [9.17, 15) is 9.59 Å². The van der Waals surface area contributed by atoms with Crippen molar-refractivity contribution in [3.63, 3.8) is 0 Å². The molecule has 1 saturated heterocycles. The second-order valence-electron chi connectivity index (χ2n) is 8.08. The standard InChI is InChI=1S/C18H30N4O3/c1-13(2)11-16(23)21-7-6-8-22(10-9-21)17(24)19-15-12-14(25-20-15)18(3,4)5/h12-13H,6-11H2,1-5H3,(H,19,20,24). The zero-order valence-electron chi connectivity index (χ0n) is 16.0. The van der Waals surface area contributed by atoms with Gasteiger partial charge in [-0.3, -0.25) is 10.1 Å². The number of rotatable bonds is 3. The molecule has 1 aliphatic heterocycles. The average molecular weight is 350 g/mol. The summed E-state index contributed by atoms with van der Waals surface area (Å²) in [5.74, 6) is 1.67. The maximum absolute atomic E-state index is 12.5. The zero-order chi connectivity index (χ0) is 18.6. The van der Waals surface area contributed by atoms with Crippen molar-refractivity contribution >= 4 is 17.8 Å². The fourth-order valence-electron chi connectivity index (χ4n) is 2.72. The van der Waals surface area contributed by atoms with Crippen molar-refractivity contribution in [3.05, 3.63) is 11.8 Å². The Kier molecular flexibility index (Phi) is 6.08. The topological polar surface area (TPSA) is 78.7 Å². The second-order valence-corrected chi connectivity index (χ2v) is 8.08. The third-order valence-electron chi connectivity index (χ3n) is 4.20. The van der Waals surface area contributed by atoms with Crippen LogP contribution in [0, 0.1) is 5.92 Å². The zero-order valence-corrected chi connectivity index (χ0v) is 16.0. The molecule has 0 spiro atoms. The fraction of sp³-hybridized carbons (Fsp3) is 0.722. The van der Waals surface area contributed by atoms with Crippen molar-refractivity contribution in [3.8, 4) is 0 Å². The summed E-state index contributed by atoms with van der Waals surface area (Å²) < 4.78 is 5.29. The molecule has 0 aliphatic carbocycles. The third-order valence-corrected chi connectivity index (χ3v) is 4.20. The van der Waals surface area contributed by atoms with E-state index in [0.717, 1.165) is 12.2 Å². The van der Waals surface area contributed by atoms with Crippen molar-refractivity contribution in [2.45, 2.75) is 52.9 Å². The SMILES string of the molecule is CC(C)CC(=O)N1CCCN(C(=O)Nc2cc(C(C)(C)C)on2)CC1. The predicted molar refractivity (Wildman–Crippen MR) is 96.4 cm³/mol. The number of amides is 3. The van der Waals surface area contributed by atoms with Gasteiger partial charge in [0.05, 0.1) is 0 Å². The van der Waals surface area contributed by atoms with Crippen LogP contribution >= 0.6 is 0 Å². The Balaban J connectivity index is 1.90. The fourth-order valence-corrected chi connectivity index (χ4v) is 2.72. The Morgan fingerprint density at radius 1 is 1.20 bits per heavy atom. The van der Waals surface area contributed by atoms with Gasteiger partial charge in [-0.25, -0.2) is 4.79 Å². The first kappa shape index (κ1) is 19.3. The lowest BCUT2D eigenvalue weighted by atomic mass is 9.93. The van der Waals surface area contributed by atoms with Crippen LogP contribution in [0.2, 0.25) is 0 Å². The maximum Gasteiger partial charge on any atom is 0.323 e. The highest BCUT2D eigenvalue weighted by Crippen LogP contribution is 2.24. The summed E-state index contributed by atoms with van der Waals surface area (Å²) in [7, 11) is 0. The number of nitrogens with one attached hydrogen (secondary N) is 1. The first-order valence-corrected chi connectivity index (χ1v) is 8.97.